The molecular formula is C27H36N2O3. The molecule has 2 aromatic carbocycles. The van der Waals surface area contributed by atoms with Crippen molar-refractivity contribution in [2.75, 3.05) is 33.9 Å². The van der Waals surface area contributed by atoms with Crippen molar-refractivity contribution in [2.24, 2.45) is 5.92 Å². The highest BCUT2D eigenvalue weighted by atomic mass is 16.5. The van der Waals surface area contributed by atoms with Gasteiger partial charge in [0.2, 0.25) is 5.91 Å². The predicted octanol–water partition coefficient (Wildman–Crippen LogP) is 4.92. The number of hydrogen-bond donors (Lipinski definition) is 1. The third-order valence-corrected chi connectivity index (χ3v) is 6.04. The summed E-state index contributed by atoms with van der Waals surface area (Å²) in [5.41, 5.74) is 3.58. The molecule has 1 amide bonds. The number of nitrogens with zero attached hydrogens (tertiary/aromatic N) is 1. The third kappa shape index (κ3) is 7.41. The van der Waals surface area contributed by atoms with E-state index in [0.717, 1.165) is 43.1 Å². The van der Waals surface area contributed by atoms with Crippen molar-refractivity contribution in [3.05, 3.63) is 65.2 Å². The number of carbonyl (C=O) groups is 1. The first-order chi connectivity index (χ1) is 15.6. The Labute approximate surface area is 192 Å². The minimum Gasteiger partial charge on any atom is -0.497 e. The van der Waals surface area contributed by atoms with Crippen LogP contribution in [0, 0.1) is 5.92 Å². The Hall–Kier alpha value is -2.79. The number of ether oxygens (including phenoxy) is 2. The van der Waals surface area contributed by atoms with Crippen molar-refractivity contribution in [3.63, 3.8) is 0 Å². The van der Waals surface area contributed by atoms with Gasteiger partial charge in [0.05, 0.1) is 14.2 Å². The highest BCUT2D eigenvalue weighted by Gasteiger charge is 2.20. The molecule has 172 valence electrons. The van der Waals surface area contributed by atoms with Crippen LogP contribution in [0.25, 0.3) is 6.08 Å². The van der Waals surface area contributed by atoms with E-state index in [1.54, 1.807) is 14.2 Å². The van der Waals surface area contributed by atoms with E-state index < -0.39 is 0 Å². The molecule has 32 heavy (non-hydrogen) atoms. The number of hydrogen-bond acceptors (Lipinski definition) is 4. The fourth-order valence-electron chi connectivity index (χ4n) is 4.38. The lowest BCUT2D eigenvalue weighted by Crippen LogP contribution is -2.37. The largest absolute Gasteiger partial charge is 0.497 e. The molecule has 1 aliphatic heterocycles. The zero-order valence-electron chi connectivity index (χ0n) is 19.6. The first-order valence-electron chi connectivity index (χ1n) is 11.5. The molecule has 2 aromatic rings. The van der Waals surface area contributed by atoms with E-state index in [1.165, 1.54) is 24.0 Å². The van der Waals surface area contributed by atoms with Gasteiger partial charge in [-0.3, -0.25) is 9.69 Å². The van der Waals surface area contributed by atoms with Crippen LogP contribution in [0.15, 0.2) is 54.1 Å². The number of rotatable bonds is 10. The minimum absolute atomic E-state index is 0.0974. The molecule has 0 aliphatic carbocycles. The van der Waals surface area contributed by atoms with E-state index in [-0.39, 0.29) is 5.91 Å². The Morgan fingerprint density at radius 2 is 1.97 bits per heavy atom. The fraction of sp³-hybridized carbons (Fsp3) is 0.444. The molecule has 1 heterocycles. The number of methoxy groups -OCH3 is 2. The molecule has 5 nitrogen and oxygen atoms in total. The summed E-state index contributed by atoms with van der Waals surface area (Å²) >= 11 is 0. The smallest absolute Gasteiger partial charge is 0.220 e. The Balaban J connectivity index is 1.42. The minimum atomic E-state index is 0.0974. The summed E-state index contributed by atoms with van der Waals surface area (Å²) in [6.45, 7) is 5.87. The van der Waals surface area contributed by atoms with E-state index in [0.29, 0.717) is 18.9 Å². The summed E-state index contributed by atoms with van der Waals surface area (Å²) in [6, 6.07) is 16.1. The van der Waals surface area contributed by atoms with Gasteiger partial charge >= 0.3 is 0 Å². The van der Waals surface area contributed by atoms with Crippen LogP contribution in [-0.4, -0.2) is 44.7 Å². The third-order valence-electron chi connectivity index (χ3n) is 6.04. The topological polar surface area (TPSA) is 50.8 Å². The van der Waals surface area contributed by atoms with Crippen molar-refractivity contribution < 1.29 is 14.3 Å². The normalized spacial score (nSPS) is 17.1. The van der Waals surface area contributed by atoms with Gasteiger partial charge in [-0.1, -0.05) is 42.0 Å². The van der Waals surface area contributed by atoms with E-state index >= 15 is 0 Å². The standard InChI is InChI=1S/C27H36N2O3/c1-21(16-22-8-5-4-6-9-22)19-29-15-7-10-23(20-29)11-14-27(30)28-18-24-12-13-25(31-2)17-26(24)32-3/h4-6,8-9,12-13,16-17,23H,7,10-11,14-15,18-20H2,1-3H3,(H,28,30). The van der Waals surface area contributed by atoms with E-state index in [2.05, 4.69) is 47.5 Å². The molecule has 1 unspecified atom stereocenters. The summed E-state index contributed by atoms with van der Waals surface area (Å²) in [6.07, 6.45) is 6.18. The number of benzene rings is 2. The average molecular weight is 437 g/mol. The zero-order chi connectivity index (χ0) is 22.8. The Morgan fingerprint density at radius 1 is 1.16 bits per heavy atom. The summed E-state index contributed by atoms with van der Waals surface area (Å²) in [5, 5.41) is 3.04. The molecule has 0 aromatic heterocycles. The van der Waals surface area contributed by atoms with Gasteiger partial charge in [-0.05, 0) is 56.3 Å². The molecule has 1 saturated heterocycles. The molecule has 1 aliphatic rings. The molecule has 5 heteroatoms. The van der Waals surface area contributed by atoms with Crippen LogP contribution in [0.2, 0.25) is 0 Å². The van der Waals surface area contributed by atoms with Crippen molar-refractivity contribution in [2.45, 2.75) is 39.2 Å². The molecule has 0 spiro atoms. The van der Waals surface area contributed by atoms with Gasteiger partial charge in [-0.2, -0.15) is 0 Å². The quantitative estimate of drug-likeness (QED) is 0.575. The van der Waals surface area contributed by atoms with Crippen molar-refractivity contribution in [1.82, 2.24) is 10.2 Å². The van der Waals surface area contributed by atoms with E-state index in [9.17, 15) is 4.79 Å². The van der Waals surface area contributed by atoms with Crippen molar-refractivity contribution in [1.29, 1.82) is 0 Å². The van der Waals surface area contributed by atoms with E-state index in [1.807, 2.05) is 24.3 Å². The molecule has 0 bridgehead atoms. The van der Waals surface area contributed by atoms with Crippen LogP contribution in [0.4, 0.5) is 0 Å². The highest BCUT2D eigenvalue weighted by Crippen LogP contribution is 2.25. The number of carbonyl (C=O) groups excluding carboxylic acids is 1. The Kier molecular flexibility index (Phi) is 9.17. The van der Waals surface area contributed by atoms with Crippen molar-refractivity contribution in [3.8, 4) is 11.5 Å². The van der Waals surface area contributed by atoms with Crippen LogP contribution in [0.3, 0.4) is 0 Å². The van der Waals surface area contributed by atoms with Gasteiger partial charge < -0.3 is 14.8 Å². The SMILES string of the molecule is COc1ccc(CNC(=O)CCC2CCCN(CC(C)=Cc3ccccc3)C2)c(OC)c1. The summed E-state index contributed by atoms with van der Waals surface area (Å²) in [7, 11) is 3.26. The Bertz CT molecular complexity index is 895. The number of likely N-dealkylation sites (tertiary alicyclic amines) is 1. The molecule has 1 N–H and O–H groups in total. The molecule has 3 rings (SSSR count). The van der Waals surface area contributed by atoms with E-state index in [4.69, 9.17) is 9.47 Å². The predicted molar refractivity (Wildman–Crippen MR) is 130 cm³/mol. The van der Waals surface area contributed by atoms with Crippen LogP contribution in [0.5, 0.6) is 11.5 Å². The van der Waals surface area contributed by atoms with Crippen LogP contribution < -0.4 is 14.8 Å². The van der Waals surface area contributed by atoms with Gasteiger partial charge in [0.1, 0.15) is 11.5 Å². The summed E-state index contributed by atoms with van der Waals surface area (Å²) in [5.74, 6) is 2.15. The van der Waals surface area contributed by atoms with Gasteiger partial charge in [0.25, 0.3) is 0 Å². The second-order valence-electron chi connectivity index (χ2n) is 8.64. The van der Waals surface area contributed by atoms with Gasteiger partial charge in [0, 0.05) is 37.7 Å². The average Bonchev–Trinajstić information content (AvgIpc) is 2.82. The van der Waals surface area contributed by atoms with Gasteiger partial charge in [-0.15, -0.1) is 0 Å². The summed E-state index contributed by atoms with van der Waals surface area (Å²) < 4.78 is 10.6. The first kappa shape index (κ1) is 23.9. The number of nitrogens with one attached hydrogen (secondary N) is 1. The van der Waals surface area contributed by atoms with Gasteiger partial charge in [0.15, 0.2) is 0 Å². The lowest BCUT2D eigenvalue weighted by Gasteiger charge is -2.33. The molecule has 1 fully saturated rings. The number of piperidine rings is 1. The van der Waals surface area contributed by atoms with Crippen LogP contribution >= 0.6 is 0 Å². The maximum absolute atomic E-state index is 12.4. The van der Waals surface area contributed by atoms with Gasteiger partial charge in [-0.25, -0.2) is 0 Å². The molecule has 0 radical (unpaired) electrons. The van der Waals surface area contributed by atoms with Crippen LogP contribution in [0.1, 0.15) is 43.7 Å². The maximum atomic E-state index is 12.4. The molecule has 0 saturated carbocycles. The fourth-order valence-corrected chi connectivity index (χ4v) is 4.38. The lowest BCUT2D eigenvalue weighted by atomic mass is 9.93. The zero-order valence-corrected chi connectivity index (χ0v) is 19.6. The second-order valence-corrected chi connectivity index (χ2v) is 8.64. The molecular weight excluding hydrogens is 400 g/mol. The molecule has 1 atom stereocenters. The second kappa shape index (κ2) is 12.3. The monoisotopic (exact) mass is 436 g/mol. The number of amides is 1. The summed E-state index contributed by atoms with van der Waals surface area (Å²) in [4.78, 5) is 15.0. The van der Waals surface area contributed by atoms with Crippen molar-refractivity contribution >= 4 is 12.0 Å². The van der Waals surface area contributed by atoms with Crippen LogP contribution in [-0.2, 0) is 11.3 Å². The lowest BCUT2D eigenvalue weighted by molar-refractivity contribution is -0.121. The maximum Gasteiger partial charge on any atom is 0.220 e. The Morgan fingerprint density at radius 3 is 2.72 bits per heavy atom. The highest BCUT2D eigenvalue weighted by molar-refractivity contribution is 5.76. The first-order valence-corrected chi connectivity index (χ1v) is 11.5.